The second-order valence-electron chi connectivity index (χ2n) is 4.13. The summed E-state index contributed by atoms with van der Waals surface area (Å²) in [5.41, 5.74) is 1.04. The molecule has 0 aliphatic rings. The van der Waals surface area contributed by atoms with Gasteiger partial charge >= 0.3 is 5.97 Å². The lowest BCUT2D eigenvalue weighted by molar-refractivity contribution is 0.0697. The highest BCUT2D eigenvalue weighted by Gasteiger charge is 2.10. The average Bonchev–Trinajstić information content (AvgIpc) is 2.48. The van der Waals surface area contributed by atoms with E-state index in [1.807, 2.05) is 24.3 Å². The van der Waals surface area contributed by atoms with E-state index in [9.17, 15) is 9.00 Å². The predicted molar refractivity (Wildman–Crippen MR) is 76.5 cm³/mol. The molecule has 0 amide bonds. The molecule has 2 rings (SSSR count). The van der Waals surface area contributed by atoms with Crippen molar-refractivity contribution in [3.63, 3.8) is 0 Å². The van der Waals surface area contributed by atoms with Crippen LogP contribution >= 0.6 is 0 Å². The molecule has 0 saturated heterocycles. The molecular formula is C15H14O4S. The van der Waals surface area contributed by atoms with Gasteiger partial charge in [-0.15, -0.1) is 0 Å². The van der Waals surface area contributed by atoms with Crippen LogP contribution in [0, 0.1) is 0 Å². The third kappa shape index (κ3) is 3.24. The lowest BCUT2D eigenvalue weighted by atomic mass is 10.2. The first-order valence-corrected chi connectivity index (χ1v) is 7.27. The van der Waals surface area contributed by atoms with Crippen molar-refractivity contribution in [2.45, 2.75) is 10.6 Å². The Hall–Kier alpha value is -2.14. The number of carboxylic acids is 1. The molecule has 4 nitrogen and oxygen atoms in total. The van der Waals surface area contributed by atoms with Gasteiger partial charge in [-0.1, -0.05) is 18.2 Å². The molecule has 2 aromatic rings. The molecule has 0 aliphatic heterocycles. The highest BCUT2D eigenvalue weighted by molar-refractivity contribution is 7.84. The van der Waals surface area contributed by atoms with Crippen LogP contribution in [0.3, 0.4) is 0 Å². The molecule has 0 radical (unpaired) electrons. The van der Waals surface area contributed by atoms with Gasteiger partial charge in [0, 0.05) is 10.5 Å². The van der Waals surface area contributed by atoms with Crippen molar-refractivity contribution >= 4 is 16.8 Å². The number of carboxylic acid groups (broad SMARTS) is 1. The van der Waals surface area contributed by atoms with Gasteiger partial charge in [-0.2, -0.15) is 0 Å². The molecular weight excluding hydrogens is 276 g/mol. The highest BCUT2D eigenvalue weighted by atomic mass is 32.2. The zero-order chi connectivity index (χ0) is 14.5. The average molecular weight is 290 g/mol. The van der Waals surface area contributed by atoms with Crippen molar-refractivity contribution in [2.75, 3.05) is 7.11 Å². The second-order valence-corrected chi connectivity index (χ2v) is 5.58. The van der Waals surface area contributed by atoms with Gasteiger partial charge in [-0.25, -0.2) is 4.79 Å². The van der Waals surface area contributed by atoms with Crippen molar-refractivity contribution in [3.8, 4) is 5.75 Å². The van der Waals surface area contributed by atoms with Crippen molar-refractivity contribution in [1.29, 1.82) is 0 Å². The normalized spacial score (nSPS) is 11.8. The Bertz CT molecular complexity index is 635. The summed E-state index contributed by atoms with van der Waals surface area (Å²) in [6.45, 7) is 0. The predicted octanol–water partition coefficient (Wildman–Crippen LogP) is 2.70. The lowest BCUT2D eigenvalue weighted by Gasteiger charge is -2.08. The molecule has 0 aliphatic carbocycles. The maximum Gasteiger partial charge on any atom is 0.335 e. The van der Waals surface area contributed by atoms with Crippen LogP contribution in [0.1, 0.15) is 15.9 Å². The molecule has 104 valence electrons. The number of methoxy groups -OCH3 is 1. The van der Waals surface area contributed by atoms with Gasteiger partial charge in [0.2, 0.25) is 0 Å². The third-order valence-electron chi connectivity index (χ3n) is 2.84. The van der Waals surface area contributed by atoms with E-state index in [2.05, 4.69) is 0 Å². The fraction of sp³-hybridized carbons (Fsp3) is 0.133. The van der Waals surface area contributed by atoms with E-state index in [1.165, 1.54) is 12.1 Å². The molecule has 0 fully saturated rings. The molecule has 0 bridgehead atoms. The first-order valence-electron chi connectivity index (χ1n) is 5.95. The summed E-state index contributed by atoms with van der Waals surface area (Å²) in [6.07, 6.45) is 0. The van der Waals surface area contributed by atoms with Gasteiger partial charge in [0.1, 0.15) is 5.75 Å². The molecule has 0 heterocycles. The first kappa shape index (κ1) is 14.3. The van der Waals surface area contributed by atoms with E-state index in [1.54, 1.807) is 19.2 Å². The van der Waals surface area contributed by atoms with Gasteiger partial charge in [0.25, 0.3) is 0 Å². The maximum atomic E-state index is 12.3. The fourth-order valence-corrected chi connectivity index (χ4v) is 2.92. The van der Waals surface area contributed by atoms with Gasteiger partial charge < -0.3 is 9.84 Å². The molecule has 1 atom stereocenters. The van der Waals surface area contributed by atoms with Crippen molar-refractivity contribution in [3.05, 3.63) is 59.7 Å². The molecule has 20 heavy (non-hydrogen) atoms. The summed E-state index contributed by atoms with van der Waals surface area (Å²) in [7, 11) is 0.332. The van der Waals surface area contributed by atoms with Crippen LogP contribution in [-0.2, 0) is 16.6 Å². The van der Waals surface area contributed by atoms with Gasteiger partial charge in [-0.05, 0) is 30.3 Å². The van der Waals surface area contributed by atoms with Gasteiger partial charge in [0.15, 0.2) is 0 Å². The van der Waals surface area contributed by atoms with E-state index >= 15 is 0 Å². The zero-order valence-electron chi connectivity index (χ0n) is 10.9. The van der Waals surface area contributed by atoms with Crippen LogP contribution in [0.4, 0.5) is 0 Å². The van der Waals surface area contributed by atoms with Crippen LogP contribution < -0.4 is 4.74 Å². The summed E-state index contributed by atoms with van der Waals surface area (Å²) in [4.78, 5) is 11.4. The molecule has 1 unspecified atom stereocenters. The number of carbonyl (C=O) groups is 1. The first-order chi connectivity index (χ1) is 9.61. The van der Waals surface area contributed by atoms with E-state index in [0.29, 0.717) is 16.4 Å². The molecule has 1 N–H and O–H groups in total. The molecule has 0 saturated carbocycles. The maximum absolute atomic E-state index is 12.3. The molecule has 0 aromatic heterocycles. The van der Waals surface area contributed by atoms with Crippen LogP contribution in [-0.4, -0.2) is 22.4 Å². The van der Waals surface area contributed by atoms with E-state index in [4.69, 9.17) is 9.84 Å². The topological polar surface area (TPSA) is 63.6 Å². The summed E-state index contributed by atoms with van der Waals surface area (Å²) in [5.74, 6) is 0.0336. The number of ether oxygens (including phenoxy) is 1. The van der Waals surface area contributed by atoms with Crippen molar-refractivity contribution in [1.82, 2.24) is 0 Å². The minimum Gasteiger partial charge on any atom is -0.496 e. The minimum atomic E-state index is -1.24. The van der Waals surface area contributed by atoms with Crippen LogP contribution in [0.25, 0.3) is 0 Å². The fourth-order valence-electron chi connectivity index (χ4n) is 1.80. The van der Waals surface area contributed by atoms with Gasteiger partial charge in [0.05, 0.1) is 29.2 Å². The summed E-state index contributed by atoms with van der Waals surface area (Å²) >= 11 is 0. The summed E-state index contributed by atoms with van der Waals surface area (Å²) in [5, 5.41) is 8.83. The molecule has 2 aromatic carbocycles. The van der Waals surface area contributed by atoms with Crippen LogP contribution in [0.2, 0.25) is 0 Å². The zero-order valence-corrected chi connectivity index (χ0v) is 11.7. The van der Waals surface area contributed by atoms with Gasteiger partial charge in [-0.3, -0.25) is 4.21 Å². The molecule has 0 spiro atoms. The Balaban J connectivity index is 2.17. The Labute approximate surface area is 119 Å². The summed E-state index contributed by atoms with van der Waals surface area (Å²) in [6, 6.07) is 13.5. The Kier molecular flexibility index (Phi) is 4.53. The Morgan fingerprint density at radius 3 is 2.40 bits per heavy atom. The second kappa shape index (κ2) is 6.34. The van der Waals surface area contributed by atoms with Crippen molar-refractivity contribution < 1.29 is 18.8 Å². The number of benzene rings is 2. The number of rotatable bonds is 5. The number of hydrogen-bond donors (Lipinski definition) is 1. The van der Waals surface area contributed by atoms with E-state index in [-0.39, 0.29) is 5.56 Å². The van der Waals surface area contributed by atoms with E-state index < -0.39 is 16.8 Å². The number of aromatic carboxylic acids is 1. The highest BCUT2D eigenvalue weighted by Crippen LogP contribution is 2.21. The van der Waals surface area contributed by atoms with Crippen LogP contribution in [0.5, 0.6) is 5.75 Å². The molecule has 5 heteroatoms. The Morgan fingerprint density at radius 1 is 1.15 bits per heavy atom. The smallest absolute Gasteiger partial charge is 0.335 e. The standard InChI is InChI=1S/C15H14O4S/c1-19-14-5-3-2-4-12(14)10-20(18)13-8-6-11(7-9-13)15(16)17/h2-9H,10H2,1H3,(H,16,17). The quantitative estimate of drug-likeness (QED) is 0.919. The van der Waals surface area contributed by atoms with E-state index in [0.717, 1.165) is 5.56 Å². The lowest BCUT2D eigenvalue weighted by Crippen LogP contribution is -2.00. The number of hydrogen-bond acceptors (Lipinski definition) is 3. The summed E-state index contributed by atoms with van der Waals surface area (Å²) < 4.78 is 17.5. The monoisotopic (exact) mass is 290 g/mol. The third-order valence-corrected chi connectivity index (χ3v) is 4.21. The Morgan fingerprint density at radius 2 is 1.80 bits per heavy atom. The van der Waals surface area contributed by atoms with Crippen molar-refractivity contribution in [2.24, 2.45) is 0 Å². The number of para-hydroxylation sites is 1. The SMILES string of the molecule is COc1ccccc1CS(=O)c1ccc(C(=O)O)cc1. The minimum absolute atomic E-state index is 0.183. The largest absolute Gasteiger partial charge is 0.496 e. The van der Waals surface area contributed by atoms with Crippen LogP contribution in [0.15, 0.2) is 53.4 Å².